The van der Waals surface area contributed by atoms with E-state index in [9.17, 15) is 12.8 Å². The molecule has 1 heterocycles. The standard InChI is InChI=1S/C13H19FN2O3S/c1-9-5-11(14)6-10(2)13(9)20(17,18)16-3-4-19-12(7-15)8-16/h5-6,12H,3-4,7-8,15H2,1-2H3. The lowest BCUT2D eigenvalue weighted by Gasteiger charge is -2.32. The van der Waals surface area contributed by atoms with Crippen LogP contribution in [0.15, 0.2) is 17.0 Å². The molecule has 1 aliphatic heterocycles. The van der Waals surface area contributed by atoms with E-state index in [1.165, 1.54) is 16.4 Å². The van der Waals surface area contributed by atoms with Crippen molar-refractivity contribution < 1.29 is 17.5 Å². The summed E-state index contributed by atoms with van der Waals surface area (Å²) in [4.78, 5) is 0.177. The molecule has 2 N–H and O–H groups in total. The molecule has 0 radical (unpaired) electrons. The topological polar surface area (TPSA) is 72.6 Å². The normalized spacial score (nSPS) is 21.1. The Morgan fingerprint density at radius 3 is 2.55 bits per heavy atom. The fourth-order valence-corrected chi connectivity index (χ4v) is 4.35. The van der Waals surface area contributed by atoms with Gasteiger partial charge in [-0.25, -0.2) is 12.8 Å². The van der Waals surface area contributed by atoms with E-state index in [-0.39, 0.29) is 30.6 Å². The van der Waals surface area contributed by atoms with Gasteiger partial charge >= 0.3 is 0 Å². The minimum absolute atomic E-state index is 0.177. The Bertz CT molecular complexity index is 581. The molecule has 7 heteroatoms. The number of sulfonamides is 1. The van der Waals surface area contributed by atoms with Crippen LogP contribution in [0.4, 0.5) is 4.39 Å². The van der Waals surface area contributed by atoms with Crippen molar-refractivity contribution in [3.05, 3.63) is 29.1 Å². The van der Waals surface area contributed by atoms with Gasteiger partial charge in [0, 0.05) is 19.6 Å². The maximum atomic E-state index is 13.3. The van der Waals surface area contributed by atoms with E-state index in [4.69, 9.17) is 10.5 Å². The van der Waals surface area contributed by atoms with E-state index >= 15 is 0 Å². The van der Waals surface area contributed by atoms with E-state index < -0.39 is 15.8 Å². The highest BCUT2D eigenvalue weighted by Gasteiger charge is 2.32. The summed E-state index contributed by atoms with van der Waals surface area (Å²) in [5, 5.41) is 0. The molecule has 2 rings (SSSR count). The van der Waals surface area contributed by atoms with Crippen molar-refractivity contribution in [2.75, 3.05) is 26.2 Å². The molecule has 0 aliphatic carbocycles. The second kappa shape index (κ2) is 5.77. The predicted octanol–water partition coefficient (Wildman–Crippen LogP) is 0.791. The van der Waals surface area contributed by atoms with Crippen molar-refractivity contribution in [3.63, 3.8) is 0 Å². The highest BCUT2D eigenvalue weighted by molar-refractivity contribution is 7.89. The van der Waals surface area contributed by atoms with Crippen molar-refractivity contribution in [2.45, 2.75) is 24.8 Å². The summed E-state index contributed by atoms with van der Waals surface area (Å²) >= 11 is 0. The number of nitrogens with zero attached hydrogens (tertiary/aromatic N) is 1. The van der Waals surface area contributed by atoms with Crippen LogP contribution in [0.5, 0.6) is 0 Å². The minimum atomic E-state index is -3.65. The van der Waals surface area contributed by atoms with Crippen LogP contribution in [-0.4, -0.2) is 45.1 Å². The summed E-state index contributed by atoms with van der Waals surface area (Å²) in [5.74, 6) is -0.430. The second-order valence-electron chi connectivity index (χ2n) is 4.96. The van der Waals surface area contributed by atoms with Crippen LogP contribution >= 0.6 is 0 Å². The number of halogens is 1. The maximum Gasteiger partial charge on any atom is 0.243 e. The fraction of sp³-hybridized carbons (Fsp3) is 0.538. The highest BCUT2D eigenvalue weighted by Crippen LogP contribution is 2.26. The zero-order valence-electron chi connectivity index (χ0n) is 11.6. The van der Waals surface area contributed by atoms with Gasteiger partial charge in [-0.2, -0.15) is 4.31 Å². The third kappa shape index (κ3) is 2.85. The van der Waals surface area contributed by atoms with Gasteiger partial charge in [-0.05, 0) is 37.1 Å². The fourth-order valence-electron chi connectivity index (χ4n) is 2.49. The SMILES string of the molecule is Cc1cc(F)cc(C)c1S(=O)(=O)N1CCOC(CN)C1. The largest absolute Gasteiger partial charge is 0.374 e. The van der Waals surface area contributed by atoms with Gasteiger partial charge < -0.3 is 10.5 Å². The molecule has 1 unspecified atom stereocenters. The van der Waals surface area contributed by atoms with Crippen molar-refractivity contribution in [3.8, 4) is 0 Å². The lowest BCUT2D eigenvalue weighted by Crippen LogP contribution is -2.48. The zero-order valence-corrected chi connectivity index (χ0v) is 12.4. The monoisotopic (exact) mass is 302 g/mol. The van der Waals surface area contributed by atoms with Gasteiger partial charge in [0.15, 0.2) is 0 Å². The summed E-state index contributed by atoms with van der Waals surface area (Å²) in [7, 11) is -3.65. The Kier molecular flexibility index (Phi) is 4.43. The molecule has 1 aromatic carbocycles. The Balaban J connectivity index is 2.40. The molecule has 1 aliphatic rings. The van der Waals surface area contributed by atoms with Gasteiger partial charge in [-0.1, -0.05) is 0 Å². The number of ether oxygens (including phenoxy) is 1. The number of benzene rings is 1. The maximum absolute atomic E-state index is 13.3. The molecule has 20 heavy (non-hydrogen) atoms. The van der Waals surface area contributed by atoms with E-state index in [1.54, 1.807) is 13.8 Å². The van der Waals surface area contributed by atoms with Crippen LogP contribution in [0.2, 0.25) is 0 Å². The molecule has 5 nitrogen and oxygen atoms in total. The zero-order chi connectivity index (χ0) is 14.9. The quantitative estimate of drug-likeness (QED) is 0.896. The molecule has 0 amide bonds. The van der Waals surface area contributed by atoms with Crippen LogP contribution in [0, 0.1) is 19.7 Å². The van der Waals surface area contributed by atoms with E-state index in [0.29, 0.717) is 17.7 Å². The Morgan fingerprint density at radius 1 is 1.40 bits per heavy atom. The number of morpholine rings is 1. The Hall–Kier alpha value is -1.02. The smallest absolute Gasteiger partial charge is 0.243 e. The number of aryl methyl sites for hydroxylation is 2. The molecule has 0 bridgehead atoms. The third-order valence-electron chi connectivity index (χ3n) is 3.39. The average molecular weight is 302 g/mol. The minimum Gasteiger partial charge on any atom is -0.374 e. The summed E-state index contributed by atoms with van der Waals surface area (Å²) in [6.45, 7) is 4.31. The van der Waals surface area contributed by atoms with Crippen LogP contribution in [0.1, 0.15) is 11.1 Å². The van der Waals surface area contributed by atoms with Gasteiger partial charge in [-0.15, -0.1) is 0 Å². The highest BCUT2D eigenvalue weighted by atomic mass is 32.2. The van der Waals surface area contributed by atoms with Crippen molar-refractivity contribution in [2.24, 2.45) is 5.73 Å². The molecule has 1 aromatic rings. The summed E-state index contributed by atoms with van der Waals surface area (Å²) in [6, 6.07) is 2.47. The molecule has 1 saturated heterocycles. The first kappa shape index (κ1) is 15.4. The predicted molar refractivity (Wildman–Crippen MR) is 73.4 cm³/mol. The van der Waals surface area contributed by atoms with E-state index in [0.717, 1.165) is 0 Å². The molecule has 112 valence electrons. The number of hydrogen-bond donors (Lipinski definition) is 1. The Morgan fingerprint density at radius 2 is 2.00 bits per heavy atom. The molecular weight excluding hydrogens is 283 g/mol. The average Bonchev–Trinajstić information content (AvgIpc) is 2.37. The number of hydrogen-bond acceptors (Lipinski definition) is 4. The first-order chi connectivity index (χ1) is 9.36. The van der Waals surface area contributed by atoms with E-state index in [1.807, 2.05) is 0 Å². The van der Waals surface area contributed by atoms with Gasteiger partial charge in [0.1, 0.15) is 5.82 Å². The van der Waals surface area contributed by atoms with Crippen LogP contribution in [-0.2, 0) is 14.8 Å². The van der Waals surface area contributed by atoms with Crippen LogP contribution in [0.25, 0.3) is 0 Å². The lowest BCUT2D eigenvalue weighted by atomic mass is 10.1. The molecule has 0 saturated carbocycles. The summed E-state index contributed by atoms with van der Waals surface area (Å²) in [6.07, 6.45) is -0.292. The van der Waals surface area contributed by atoms with Crippen molar-refractivity contribution in [1.29, 1.82) is 0 Å². The first-order valence-corrected chi connectivity index (χ1v) is 7.89. The van der Waals surface area contributed by atoms with Gasteiger partial charge in [0.05, 0.1) is 17.6 Å². The molecular formula is C13H19FN2O3S. The summed E-state index contributed by atoms with van der Waals surface area (Å²) < 4.78 is 45.5. The molecule has 1 fully saturated rings. The van der Waals surface area contributed by atoms with Gasteiger partial charge in [0.2, 0.25) is 10.0 Å². The van der Waals surface area contributed by atoms with Crippen molar-refractivity contribution in [1.82, 2.24) is 4.31 Å². The molecule has 1 atom stereocenters. The molecule has 0 aromatic heterocycles. The number of rotatable bonds is 3. The van der Waals surface area contributed by atoms with Crippen LogP contribution in [0.3, 0.4) is 0 Å². The third-order valence-corrected chi connectivity index (χ3v) is 5.56. The van der Waals surface area contributed by atoms with Gasteiger partial charge in [-0.3, -0.25) is 0 Å². The van der Waals surface area contributed by atoms with E-state index in [2.05, 4.69) is 0 Å². The first-order valence-electron chi connectivity index (χ1n) is 6.45. The Labute approximate surface area is 118 Å². The lowest BCUT2D eigenvalue weighted by molar-refractivity contribution is 0.00448. The van der Waals surface area contributed by atoms with Crippen molar-refractivity contribution >= 4 is 10.0 Å². The summed E-state index contributed by atoms with van der Waals surface area (Å²) in [5.41, 5.74) is 6.36. The van der Waals surface area contributed by atoms with Crippen LogP contribution < -0.4 is 5.73 Å². The number of nitrogens with two attached hydrogens (primary N) is 1. The molecule has 0 spiro atoms. The van der Waals surface area contributed by atoms with Gasteiger partial charge in [0.25, 0.3) is 0 Å². The second-order valence-corrected chi connectivity index (χ2v) is 6.84.